The summed E-state index contributed by atoms with van der Waals surface area (Å²) in [5.74, 6) is 0. The Morgan fingerprint density at radius 2 is 2.12 bits per heavy atom. The lowest BCUT2D eigenvalue weighted by atomic mass is 9.91. The Morgan fingerprint density at radius 3 is 2.82 bits per heavy atom. The Bertz CT molecular complexity index is 428. The number of nitrogens with two attached hydrogens (primary N) is 1. The van der Waals surface area contributed by atoms with E-state index in [1.807, 2.05) is 4.90 Å². The Labute approximate surface area is 103 Å². The van der Waals surface area contributed by atoms with Gasteiger partial charge in [-0.25, -0.2) is 4.79 Å². The highest BCUT2D eigenvalue weighted by Crippen LogP contribution is 2.32. The summed E-state index contributed by atoms with van der Waals surface area (Å²) in [7, 11) is 0. The molecule has 3 nitrogen and oxygen atoms in total. The van der Waals surface area contributed by atoms with Crippen LogP contribution in [-0.2, 0) is 0 Å². The number of hydrogen-bond acceptors (Lipinski definition) is 1. The maximum atomic E-state index is 11.5. The van der Waals surface area contributed by atoms with Crippen molar-refractivity contribution in [2.45, 2.75) is 39.2 Å². The van der Waals surface area contributed by atoms with Crippen molar-refractivity contribution in [2.75, 3.05) is 6.54 Å². The van der Waals surface area contributed by atoms with Gasteiger partial charge in [0.15, 0.2) is 0 Å². The van der Waals surface area contributed by atoms with E-state index >= 15 is 0 Å². The van der Waals surface area contributed by atoms with E-state index in [1.165, 1.54) is 23.1 Å². The third kappa shape index (κ3) is 2.43. The second kappa shape index (κ2) is 4.78. The molecule has 1 aromatic carbocycles. The first-order valence-corrected chi connectivity index (χ1v) is 6.23. The van der Waals surface area contributed by atoms with Crippen molar-refractivity contribution in [3.63, 3.8) is 0 Å². The minimum Gasteiger partial charge on any atom is -0.351 e. The molecule has 1 heterocycles. The second-order valence-electron chi connectivity index (χ2n) is 4.90. The fourth-order valence-corrected chi connectivity index (χ4v) is 2.64. The summed E-state index contributed by atoms with van der Waals surface area (Å²) in [6.45, 7) is 4.97. The lowest BCUT2D eigenvalue weighted by molar-refractivity contribution is 0.159. The zero-order valence-corrected chi connectivity index (χ0v) is 10.6. The molecule has 2 amide bonds. The number of primary amides is 1. The topological polar surface area (TPSA) is 46.3 Å². The number of piperidine rings is 1. The predicted molar refractivity (Wildman–Crippen MR) is 68.8 cm³/mol. The molecule has 92 valence electrons. The summed E-state index contributed by atoms with van der Waals surface area (Å²) in [5, 5.41) is 0. The highest BCUT2D eigenvalue weighted by atomic mass is 16.2. The normalized spacial score (nSPS) is 20.4. The number of benzene rings is 1. The summed E-state index contributed by atoms with van der Waals surface area (Å²) in [4.78, 5) is 13.3. The van der Waals surface area contributed by atoms with Crippen LogP contribution in [0.5, 0.6) is 0 Å². The quantitative estimate of drug-likeness (QED) is 0.795. The first kappa shape index (κ1) is 12.0. The van der Waals surface area contributed by atoms with Crippen LogP contribution >= 0.6 is 0 Å². The van der Waals surface area contributed by atoms with Crippen molar-refractivity contribution in [3.05, 3.63) is 34.9 Å². The minimum atomic E-state index is -0.296. The fourth-order valence-electron chi connectivity index (χ4n) is 2.64. The van der Waals surface area contributed by atoms with Crippen LogP contribution in [0.25, 0.3) is 0 Å². The molecule has 0 spiro atoms. The summed E-state index contributed by atoms with van der Waals surface area (Å²) in [6.07, 6.45) is 3.25. The van der Waals surface area contributed by atoms with E-state index in [0.717, 1.165) is 19.4 Å². The molecule has 0 aliphatic carbocycles. The maximum absolute atomic E-state index is 11.5. The van der Waals surface area contributed by atoms with Gasteiger partial charge in [0.05, 0.1) is 6.04 Å². The van der Waals surface area contributed by atoms with Crippen molar-refractivity contribution in [1.82, 2.24) is 4.90 Å². The number of hydrogen-bond donors (Lipinski definition) is 1. The molecule has 1 atom stereocenters. The summed E-state index contributed by atoms with van der Waals surface area (Å²) < 4.78 is 0. The fraction of sp³-hybridized carbons (Fsp3) is 0.500. The average molecular weight is 232 g/mol. The van der Waals surface area contributed by atoms with Crippen molar-refractivity contribution < 1.29 is 4.79 Å². The molecule has 3 heteroatoms. The largest absolute Gasteiger partial charge is 0.351 e. The van der Waals surface area contributed by atoms with Crippen LogP contribution in [0.1, 0.15) is 42.0 Å². The van der Waals surface area contributed by atoms with Crippen LogP contribution < -0.4 is 5.73 Å². The van der Waals surface area contributed by atoms with Gasteiger partial charge in [0, 0.05) is 6.54 Å². The van der Waals surface area contributed by atoms with E-state index in [-0.39, 0.29) is 12.1 Å². The van der Waals surface area contributed by atoms with Crippen LogP contribution in [-0.4, -0.2) is 17.5 Å². The van der Waals surface area contributed by atoms with Gasteiger partial charge in [-0.05, 0) is 44.2 Å². The van der Waals surface area contributed by atoms with Crippen LogP contribution in [0.3, 0.4) is 0 Å². The number of aryl methyl sites for hydroxylation is 2. The highest BCUT2D eigenvalue weighted by molar-refractivity contribution is 5.72. The van der Waals surface area contributed by atoms with Crippen LogP contribution in [0.4, 0.5) is 4.79 Å². The van der Waals surface area contributed by atoms with Gasteiger partial charge in [0.25, 0.3) is 0 Å². The SMILES string of the molecule is Cc1ccc(C)c(C2CCCCN2C(N)=O)c1. The van der Waals surface area contributed by atoms with Crippen LogP contribution in [0, 0.1) is 13.8 Å². The molecule has 2 N–H and O–H groups in total. The third-order valence-corrected chi connectivity index (χ3v) is 3.58. The van der Waals surface area contributed by atoms with Gasteiger partial charge in [-0.15, -0.1) is 0 Å². The highest BCUT2D eigenvalue weighted by Gasteiger charge is 2.27. The van der Waals surface area contributed by atoms with Crippen molar-refractivity contribution in [3.8, 4) is 0 Å². The Hall–Kier alpha value is -1.51. The number of nitrogens with zero attached hydrogens (tertiary/aromatic N) is 1. The van der Waals surface area contributed by atoms with Gasteiger partial charge < -0.3 is 10.6 Å². The molecule has 1 aromatic rings. The molecular formula is C14H20N2O. The number of carbonyl (C=O) groups is 1. The minimum absolute atomic E-state index is 0.168. The summed E-state index contributed by atoms with van der Waals surface area (Å²) in [5.41, 5.74) is 9.20. The molecule has 1 aliphatic heterocycles. The number of urea groups is 1. The maximum Gasteiger partial charge on any atom is 0.315 e. The van der Waals surface area contributed by atoms with Gasteiger partial charge in [-0.2, -0.15) is 0 Å². The molecule has 0 bridgehead atoms. The first-order valence-electron chi connectivity index (χ1n) is 6.23. The summed E-state index contributed by atoms with van der Waals surface area (Å²) in [6, 6.07) is 6.28. The molecule has 1 saturated heterocycles. The van der Waals surface area contributed by atoms with Gasteiger partial charge >= 0.3 is 6.03 Å². The van der Waals surface area contributed by atoms with Crippen molar-refractivity contribution in [2.24, 2.45) is 5.73 Å². The van der Waals surface area contributed by atoms with E-state index in [0.29, 0.717) is 0 Å². The number of carbonyl (C=O) groups excluding carboxylic acids is 1. The zero-order chi connectivity index (χ0) is 12.4. The smallest absolute Gasteiger partial charge is 0.315 e. The molecule has 1 fully saturated rings. The van der Waals surface area contributed by atoms with E-state index in [2.05, 4.69) is 32.0 Å². The molecule has 17 heavy (non-hydrogen) atoms. The lowest BCUT2D eigenvalue weighted by Gasteiger charge is -2.35. The zero-order valence-electron chi connectivity index (χ0n) is 10.6. The van der Waals surface area contributed by atoms with Gasteiger partial charge in [0.1, 0.15) is 0 Å². The van der Waals surface area contributed by atoms with Gasteiger partial charge in [-0.3, -0.25) is 0 Å². The molecule has 0 aromatic heterocycles. The van der Waals surface area contributed by atoms with Gasteiger partial charge in [-0.1, -0.05) is 23.8 Å². The van der Waals surface area contributed by atoms with Crippen LogP contribution in [0.15, 0.2) is 18.2 Å². The molecule has 2 rings (SSSR count). The third-order valence-electron chi connectivity index (χ3n) is 3.58. The van der Waals surface area contributed by atoms with Crippen molar-refractivity contribution >= 4 is 6.03 Å². The molecule has 0 radical (unpaired) electrons. The average Bonchev–Trinajstić information content (AvgIpc) is 2.32. The molecule has 1 unspecified atom stereocenters. The Kier molecular flexibility index (Phi) is 3.36. The lowest BCUT2D eigenvalue weighted by Crippen LogP contribution is -2.42. The Morgan fingerprint density at radius 1 is 1.35 bits per heavy atom. The van der Waals surface area contributed by atoms with E-state index in [1.54, 1.807) is 0 Å². The number of amides is 2. The Balaban J connectivity index is 2.35. The molecule has 0 saturated carbocycles. The van der Waals surface area contributed by atoms with E-state index in [9.17, 15) is 4.79 Å². The van der Waals surface area contributed by atoms with Gasteiger partial charge in [0.2, 0.25) is 0 Å². The van der Waals surface area contributed by atoms with Crippen LogP contribution in [0.2, 0.25) is 0 Å². The van der Waals surface area contributed by atoms with Crippen molar-refractivity contribution in [1.29, 1.82) is 0 Å². The number of rotatable bonds is 1. The van der Waals surface area contributed by atoms with E-state index < -0.39 is 0 Å². The second-order valence-corrected chi connectivity index (χ2v) is 4.90. The number of likely N-dealkylation sites (tertiary alicyclic amines) is 1. The molecule has 1 aliphatic rings. The monoisotopic (exact) mass is 232 g/mol. The predicted octanol–water partition coefficient (Wildman–Crippen LogP) is 2.91. The standard InChI is InChI=1S/C14H20N2O/c1-10-6-7-11(2)12(9-10)13-5-3-4-8-16(13)14(15)17/h6-7,9,13H,3-5,8H2,1-2H3,(H2,15,17). The van der Waals surface area contributed by atoms with E-state index in [4.69, 9.17) is 5.73 Å². The first-order chi connectivity index (χ1) is 8.09. The molecular weight excluding hydrogens is 212 g/mol. The summed E-state index contributed by atoms with van der Waals surface area (Å²) >= 11 is 0.